The minimum atomic E-state index is -0.0689. The molecular weight excluding hydrogens is 266 g/mol. The van der Waals surface area contributed by atoms with E-state index in [1.807, 2.05) is 12.1 Å². The maximum Gasteiger partial charge on any atom is 0.306 e. The summed E-state index contributed by atoms with van der Waals surface area (Å²) in [5, 5.41) is 0. The SMILES string of the molecule is C=Cc1ccc(C2CCC(COC(=O)CC3CCC3)O2)[nH]1. The molecule has 0 amide bonds. The first-order valence-corrected chi connectivity index (χ1v) is 7.87. The van der Waals surface area contributed by atoms with E-state index in [4.69, 9.17) is 9.47 Å². The van der Waals surface area contributed by atoms with Gasteiger partial charge in [0.2, 0.25) is 0 Å². The Morgan fingerprint density at radius 2 is 2.24 bits per heavy atom. The number of carbonyl (C=O) groups excluding carboxylic acids is 1. The zero-order chi connectivity index (χ0) is 14.7. The first kappa shape index (κ1) is 14.4. The van der Waals surface area contributed by atoms with Gasteiger partial charge in [0, 0.05) is 17.8 Å². The van der Waals surface area contributed by atoms with Crippen molar-refractivity contribution in [2.75, 3.05) is 6.61 Å². The maximum atomic E-state index is 11.7. The van der Waals surface area contributed by atoms with Crippen LogP contribution < -0.4 is 0 Å². The quantitative estimate of drug-likeness (QED) is 0.814. The van der Waals surface area contributed by atoms with Crippen molar-refractivity contribution in [3.63, 3.8) is 0 Å². The van der Waals surface area contributed by atoms with Crippen LogP contribution in [0.3, 0.4) is 0 Å². The van der Waals surface area contributed by atoms with Gasteiger partial charge in [-0.2, -0.15) is 0 Å². The molecule has 4 nitrogen and oxygen atoms in total. The summed E-state index contributed by atoms with van der Waals surface area (Å²) in [5.41, 5.74) is 2.08. The molecule has 0 aromatic carbocycles. The number of H-pyrrole nitrogens is 1. The van der Waals surface area contributed by atoms with Crippen molar-refractivity contribution in [3.8, 4) is 0 Å². The molecule has 1 aromatic rings. The van der Waals surface area contributed by atoms with E-state index in [1.165, 1.54) is 19.3 Å². The second kappa shape index (κ2) is 6.48. The van der Waals surface area contributed by atoms with Crippen LogP contribution in [0.2, 0.25) is 0 Å². The van der Waals surface area contributed by atoms with Gasteiger partial charge in [0.25, 0.3) is 0 Å². The van der Waals surface area contributed by atoms with Gasteiger partial charge in [-0.05, 0) is 49.8 Å². The van der Waals surface area contributed by atoms with Crippen molar-refractivity contribution >= 4 is 12.0 Å². The summed E-state index contributed by atoms with van der Waals surface area (Å²) in [6.45, 7) is 4.13. The molecule has 1 aromatic heterocycles. The first-order chi connectivity index (χ1) is 10.2. The van der Waals surface area contributed by atoms with Gasteiger partial charge in [0.1, 0.15) is 6.61 Å². The van der Waals surface area contributed by atoms with Crippen LogP contribution in [-0.2, 0) is 14.3 Å². The second-order valence-corrected chi connectivity index (χ2v) is 6.08. The van der Waals surface area contributed by atoms with Gasteiger partial charge in [-0.25, -0.2) is 0 Å². The van der Waals surface area contributed by atoms with Crippen molar-refractivity contribution in [1.82, 2.24) is 4.98 Å². The van der Waals surface area contributed by atoms with Crippen LogP contribution in [0.1, 0.15) is 56.0 Å². The number of hydrogen-bond donors (Lipinski definition) is 1. The third kappa shape index (κ3) is 3.56. The lowest BCUT2D eigenvalue weighted by molar-refractivity contribution is -0.149. The molecule has 2 atom stereocenters. The Labute approximate surface area is 125 Å². The van der Waals surface area contributed by atoms with Crippen molar-refractivity contribution in [2.45, 2.75) is 50.7 Å². The van der Waals surface area contributed by atoms with E-state index in [1.54, 1.807) is 6.08 Å². The van der Waals surface area contributed by atoms with E-state index in [9.17, 15) is 4.79 Å². The van der Waals surface area contributed by atoms with Crippen molar-refractivity contribution in [2.24, 2.45) is 5.92 Å². The Morgan fingerprint density at radius 1 is 1.38 bits per heavy atom. The third-order valence-corrected chi connectivity index (χ3v) is 4.52. The second-order valence-electron chi connectivity index (χ2n) is 6.08. The summed E-state index contributed by atoms with van der Waals surface area (Å²) in [5.74, 6) is 0.492. The highest BCUT2D eigenvalue weighted by Gasteiger charge is 2.29. The molecule has 114 valence electrons. The minimum Gasteiger partial charge on any atom is -0.463 e. The summed E-state index contributed by atoms with van der Waals surface area (Å²) in [4.78, 5) is 15.0. The molecule has 2 fully saturated rings. The Kier molecular flexibility index (Phi) is 4.44. The topological polar surface area (TPSA) is 51.3 Å². The van der Waals surface area contributed by atoms with Gasteiger partial charge in [-0.3, -0.25) is 4.79 Å². The normalized spacial score (nSPS) is 25.5. The van der Waals surface area contributed by atoms with Crippen LogP contribution in [-0.4, -0.2) is 23.7 Å². The largest absolute Gasteiger partial charge is 0.463 e. The molecule has 0 spiro atoms. The predicted octanol–water partition coefficient (Wildman–Crippen LogP) is 3.61. The molecule has 0 radical (unpaired) electrons. The number of aromatic amines is 1. The number of nitrogens with one attached hydrogen (secondary N) is 1. The van der Waals surface area contributed by atoms with E-state index in [-0.39, 0.29) is 18.2 Å². The van der Waals surface area contributed by atoms with Crippen LogP contribution in [0.25, 0.3) is 6.08 Å². The average molecular weight is 289 g/mol. The Balaban J connectivity index is 1.41. The van der Waals surface area contributed by atoms with E-state index >= 15 is 0 Å². The molecule has 2 heterocycles. The molecule has 4 heteroatoms. The van der Waals surface area contributed by atoms with Gasteiger partial charge in [0.15, 0.2) is 0 Å². The number of hydrogen-bond acceptors (Lipinski definition) is 3. The molecule has 1 saturated carbocycles. The highest BCUT2D eigenvalue weighted by molar-refractivity contribution is 5.69. The molecule has 1 aliphatic heterocycles. The lowest BCUT2D eigenvalue weighted by Crippen LogP contribution is -2.22. The van der Waals surface area contributed by atoms with Crippen LogP contribution in [0.5, 0.6) is 0 Å². The average Bonchev–Trinajstić information content (AvgIpc) is 3.08. The van der Waals surface area contributed by atoms with Gasteiger partial charge in [-0.1, -0.05) is 13.0 Å². The fourth-order valence-electron chi connectivity index (χ4n) is 2.97. The highest BCUT2D eigenvalue weighted by Crippen LogP contribution is 2.33. The molecule has 3 rings (SSSR count). The Bertz CT molecular complexity index is 504. The number of aromatic nitrogens is 1. The number of carbonyl (C=O) groups is 1. The lowest BCUT2D eigenvalue weighted by atomic mass is 9.83. The fourth-order valence-corrected chi connectivity index (χ4v) is 2.97. The van der Waals surface area contributed by atoms with E-state index in [0.717, 1.165) is 24.2 Å². The van der Waals surface area contributed by atoms with Gasteiger partial charge in [0.05, 0.1) is 12.2 Å². The molecule has 21 heavy (non-hydrogen) atoms. The minimum absolute atomic E-state index is 0.0239. The predicted molar refractivity (Wildman–Crippen MR) is 80.6 cm³/mol. The van der Waals surface area contributed by atoms with E-state index < -0.39 is 0 Å². The first-order valence-electron chi connectivity index (χ1n) is 7.87. The maximum absolute atomic E-state index is 11.7. The highest BCUT2D eigenvalue weighted by atomic mass is 16.6. The molecule has 1 N–H and O–H groups in total. The van der Waals surface area contributed by atoms with Gasteiger partial charge < -0.3 is 14.5 Å². The monoisotopic (exact) mass is 289 g/mol. The molecule has 0 bridgehead atoms. The molecule has 1 aliphatic carbocycles. The number of esters is 1. The summed E-state index contributed by atoms with van der Waals surface area (Å²) in [6.07, 6.45) is 7.98. The molecule has 2 aliphatic rings. The van der Waals surface area contributed by atoms with Gasteiger partial charge in [-0.15, -0.1) is 0 Å². The summed E-state index contributed by atoms with van der Waals surface area (Å²) < 4.78 is 11.3. The Morgan fingerprint density at radius 3 is 2.90 bits per heavy atom. The Hall–Kier alpha value is -1.55. The van der Waals surface area contributed by atoms with Crippen LogP contribution in [0, 0.1) is 5.92 Å². The summed E-state index contributed by atoms with van der Waals surface area (Å²) >= 11 is 0. The van der Waals surface area contributed by atoms with Crippen molar-refractivity contribution < 1.29 is 14.3 Å². The van der Waals surface area contributed by atoms with E-state index in [0.29, 0.717) is 18.9 Å². The van der Waals surface area contributed by atoms with Crippen LogP contribution in [0.4, 0.5) is 0 Å². The van der Waals surface area contributed by atoms with Crippen molar-refractivity contribution in [1.29, 1.82) is 0 Å². The third-order valence-electron chi connectivity index (χ3n) is 4.52. The van der Waals surface area contributed by atoms with Gasteiger partial charge >= 0.3 is 5.97 Å². The standard InChI is InChI=1S/C17H23NO3/c1-2-13-6-8-15(18-13)16-9-7-14(21-16)11-20-17(19)10-12-4-3-5-12/h2,6,8,12,14,16,18H,1,3-5,7,9-11H2. The molecule has 2 unspecified atom stereocenters. The molecule has 1 saturated heterocycles. The van der Waals surface area contributed by atoms with E-state index in [2.05, 4.69) is 11.6 Å². The van der Waals surface area contributed by atoms with Crippen LogP contribution >= 0.6 is 0 Å². The lowest BCUT2D eigenvalue weighted by Gasteiger charge is -2.24. The van der Waals surface area contributed by atoms with Crippen molar-refractivity contribution in [3.05, 3.63) is 30.1 Å². The zero-order valence-corrected chi connectivity index (χ0v) is 12.3. The number of rotatable bonds is 6. The summed E-state index contributed by atoms with van der Waals surface area (Å²) in [7, 11) is 0. The zero-order valence-electron chi connectivity index (χ0n) is 12.3. The number of ether oxygens (including phenoxy) is 2. The van der Waals surface area contributed by atoms with Crippen LogP contribution in [0.15, 0.2) is 18.7 Å². The fraction of sp³-hybridized carbons (Fsp3) is 0.588. The summed E-state index contributed by atoms with van der Waals surface area (Å²) in [6, 6.07) is 4.03. The smallest absolute Gasteiger partial charge is 0.306 e. The molecular formula is C17H23NO3.